The highest BCUT2D eigenvalue weighted by molar-refractivity contribution is 6.05. The predicted octanol–water partition coefficient (Wildman–Crippen LogP) is 6.42. The van der Waals surface area contributed by atoms with Crippen molar-refractivity contribution in [2.45, 2.75) is 57.9 Å². The number of likely N-dealkylation sites (N-methyl/N-ethyl adjacent to an activating group) is 1. The quantitative estimate of drug-likeness (QED) is 0.103. The molecule has 3 aromatic carbocycles. The molecule has 1 N–H and O–H groups in total. The molecular weight excluding hydrogens is 747 g/mol. The smallest absolute Gasteiger partial charge is 0.416 e. The number of non-ortho nitro benzene ring substituents is 1. The van der Waals surface area contributed by atoms with Crippen molar-refractivity contribution >= 4 is 29.4 Å². The first-order valence-corrected chi connectivity index (χ1v) is 18.6. The van der Waals surface area contributed by atoms with Gasteiger partial charge < -0.3 is 19.7 Å². The van der Waals surface area contributed by atoms with Crippen LogP contribution in [-0.4, -0.2) is 99.9 Å². The lowest BCUT2D eigenvalue weighted by Crippen LogP contribution is -2.55. The van der Waals surface area contributed by atoms with Gasteiger partial charge in [0.1, 0.15) is 23.2 Å². The van der Waals surface area contributed by atoms with Crippen LogP contribution < -0.4 is 15.0 Å². The lowest BCUT2D eigenvalue weighted by Gasteiger charge is -2.38. The molecule has 0 radical (unpaired) electrons. The Morgan fingerprint density at radius 3 is 2.39 bits per heavy atom. The van der Waals surface area contributed by atoms with Crippen molar-refractivity contribution in [3.05, 3.63) is 111 Å². The molecule has 1 aromatic heterocycles. The second-order valence-electron chi connectivity index (χ2n) is 14.8. The summed E-state index contributed by atoms with van der Waals surface area (Å²) in [5.41, 5.74) is -0.787. The number of hydrogen-bond donors (Lipinski definition) is 1. The minimum atomic E-state index is -4.70. The number of nitro groups is 1. The molecule has 57 heavy (non-hydrogen) atoms. The summed E-state index contributed by atoms with van der Waals surface area (Å²) in [6, 6.07) is 15.3. The number of nitro benzene ring substituents is 1. The predicted molar refractivity (Wildman–Crippen MR) is 204 cm³/mol. The van der Waals surface area contributed by atoms with E-state index in [1.165, 1.54) is 35.4 Å². The molecule has 2 atom stereocenters. The summed E-state index contributed by atoms with van der Waals surface area (Å²) in [6.07, 6.45) is -2.76. The maximum Gasteiger partial charge on any atom is 0.416 e. The molecule has 17 heteroatoms. The van der Waals surface area contributed by atoms with Gasteiger partial charge in [-0.05, 0) is 70.0 Å². The fraction of sp³-hybridized carbons (Fsp3) is 0.400. The second kappa shape index (κ2) is 16.6. The maximum absolute atomic E-state index is 14.4. The van der Waals surface area contributed by atoms with Crippen LogP contribution in [0.1, 0.15) is 67.1 Å². The topological polar surface area (TPSA) is 152 Å². The summed E-state index contributed by atoms with van der Waals surface area (Å²) in [6.45, 7) is 11.2. The van der Waals surface area contributed by atoms with Crippen molar-refractivity contribution < 1.29 is 42.0 Å². The zero-order chi connectivity index (χ0) is 41.1. The van der Waals surface area contributed by atoms with Crippen LogP contribution in [0.2, 0.25) is 0 Å². The SMILES string of the molecule is CCN1C(=O)[C@@H](NC(=O)c2cccc(C(F)(F)F)c2)[C@H](c2cccc([N+](=O)[O-])c2)c2cnn(-c3cccc(OCCCN4CCN(C(=O)OC(C)(C)C)CC4)c3)c21. The fourth-order valence-corrected chi connectivity index (χ4v) is 7.01. The van der Waals surface area contributed by atoms with Crippen LogP contribution in [0.3, 0.4) is 0 Å². The summed E-state index contributed by atoms with van der Waals surface area (Å²) in [5.74, 6) is -1.58. The van der Waals surface area contributed by atoms with E-state index in [1.54, 1.807) is 46.8 Å². The molecule has 14 nitrogen and oxygen atoms in total. The highest BCUT2D eigenvalue weighted by Gasteiger charge is 2.45. The first kappa shape index (κ1) is 40.7. The number of piperazine rings is 1. The molecule has 0 saturated carbocycles. The maximum atomic E-state index is 14.4. The van der Waals surface area contributed by atoms with Crippen molar-refractivity contribution in [2.24, 2.45) is 0 Å². The Morgan fingerprint density at radius 1 is 0.982 bits per heavy atom. The number of ether oxygens (including phenoxy) is 2. The molecular formula is C40H44F3N7O7. The lowest BCUT2D eigenvalue weighted by molar-refractivity contribution is -0.384. The molecule has 1 fully saturated rings. The van der Waals surface area contributed by atoms with Crippen molar-refractivity contribution in [3.63, 3.8) is 0 Å². The van der Waals surface area contributed by atoms with Crippen LogP contribution in [-0.2, 0) is 15.7 Å². The Kier molecular flexibility index (Phi) is 11.9. The molecule has 302 valence electrons. The average molecular weight is 792 g/mol. The number of nitrogens with zero attached hydrogens (tertiary/aromatic N) is 6. The largest absolute Gasteiger partial charge is 0.493 e. The summed E-state index contributed by atoms with van der Waals surface area (Å²) >= 11 is 0. The van der Waals surface area contributed by atoms with E-state index in [4.69, 9.17) is 9.47 Å². The number of benzene rings is 3. The zero-order valence-electron chi connectivity index (χ0n) is 32.0. The van der Waals surface area contributed by atoms with Crippen molar-refractivity contribution in [1.29, 1.82) is 0 Å². The molecule has 0 aliphatic carbocycles. The van der Waals surface area contributed by atoms with E-state index in [-0.39, 0.29) is 23.9 Å². The van der Waals surface area contributed by atoms with Gasteiger partial charge in [-0.3, -0.25) is 29.5 Å². The summed E-state index contributed by atoms with van der Waals surface area (Å²) < 4.78 is 53.7. The Hall–Kier alpha value is -5.97. The molecule has 0 spiro atoms. The second-order valence-corrected chi connectivity index (χ2v) is 14.8. The van der Waals surface area contributed by atoms with Gasteiger partial charge in [0, 0.05) is 74.5 Å². The molecule has 2 aliphatic rings. The van der Waals surface area contributed by atoms with Gasteiger partial charge >= 0.3 is 12.3 Å². The van der Waals surface area contributed by atoms with Crippen LogP contribution in [0.25, 0.3) is 5.69 Å². The van der Waals surface area contributed by atoms with Crippen LogP contribution in [0, 0.1) is 10.1 Å². The Bertz CT molecular complexity index is 2130. The third kappa shape index (κ3) is 9.36. The highest BCUT2D eigenvalue weighted by atomic mass is 19.4. The van der Waals surface area contributed by atoms with Gasteiger partial charge in [-0.2, -0.15) is 18.3 Å². The van der Waals surface area contributed by atoms with E-state index >= 15 is 0 Å². The van der Waals surface area contributed by atoms with Gasteiger partial charge in [-0.25, -0.2) is 9.48 Å². The number of aromatic nitrogens is 2. The average Bonchev–Trinajstić information content (AvgIpc) is 3.60. The first-order chi connectivity index (χ1) is 27.0. The molecule has 6 rings (SSSR count). The minimum Gasteiger partial charge on any atom is -0.493 e. The van der Waals surface area contributed by atoms with E-state index < -0.39 is 46.0 Å². The minimum absolute atomic E-state index is 0.136. The number of rotatable bonds is 11. The van der Waals surface area contributed by atoms with Crippen molar-refractivity contribution in [3.8, 4) is 11.4 Å². The fourth-order valence-electron chi connectivity index (χ4n) is 7.01. The number of halogens is 3. The molecule has 4 aromatic rings. The Labute approximate surface area is 327 Å². The Morgan fingerprint density at radius 2 is 1.70 bits per heavy atom. The monoisotopic (exact) mass is 791 g/mol. The van der Waals surface area contributed by atoms with Crippen LogP contribution in [0.5, 0.6) is 5.75 Å². The van der Waals surface area contributed by atoms with E-state index in [1.807, 2.05) is 20.8 Å². The number of carbonyl (C=O) groups excluding carboxylic acids is 3. The number of amides is 3. The standard InChI is InChI=1S/C40H44F3N7O7/c1-5-48-36-32(25-44-49(36)29-13-8-15-31(24-29)56-21-9-16-46-17-19-47(20-18-46)38(53)57-39(2,3)4)33(26-10-7-14-30(23-26)50(54)55)34(37(48)52)45-35(51)27-11-6-12-28(22-27)40(41,42)43/h6-8,10-15,22-25,33-34H,5,9,16-21H2,1-4H3,(H,45,51)/t33-,34+/m1/s1. The van der Waals surface area contributed by atoms with E-state index in [2.05, 4.69) is 15.3 Å². The van der Waals surface area contributed by atoms with Crippen LogP contribution >= 0.6 is 0 Å². The molecule has 3 amide bonds. The zero-order valence-corrected chi connectivity index (χ0v) is 32.0. The van der Waals surface area contributed by atoms with Crippen molar-refractivity contribution in [2.75, 3.05) is 50.8 Å². The molecule has 1 saturated heterocycles. The van der Waals surface area contributed by atoms with Gasteiger partial charge in [0.05, 0.1) is 29.0 Å². The highest BCUT2D eigenvalue weighted by Crippen LogP contribution is 2.42. The normalized spacial score (nSPS) is 17.6. The van der Waals surface area contributed by atoms with Crippen LogP contribution in [0.4, 0.5) is 29.5 Å². The van der Waals surface area contributed by atoms with Crippen molar-refractivity contribution in [1.82, 2.24) is 24.9 Å². The van der Waals surface area contributed by atoms with Gasteiger partial charge in [0.15, 0.2) is 0 Å². The van der Waals surface area contributed by atoms with Gasteiger partial charge in [0.2, 0.25) is 0 Å². The lowest BCUT2D eigenvalue weighted by atomic mass is 9.82. The van der Waals surface area contributed by atoms with Gasteiger partial charge in [0.25, 0.3) is 17.5 Å². The number of hydrogen-bond acceptors (Lipinski definition) is 9. The summed E-state index contributed by atoms with van der Waals surface area (Å²) in [7, 11) is 0. The van der Waals surface area contributed by atoms with E-state index in [0.717, 1.165) is 38.2 Å². The van der Waals surface area contributed by atoms with E-state index in [9.17, 15) is 37.7 Å². The number of fused-ring (bicyclic) bond motifs is 1. The third-order valence-electron chi connectivity index (χ3n) is 9.70. The molecule has 0 bridgehead atoms. The first-order valence-electron chi connectivity index (χ1n) is 18.6. The molecule has 2 aliphatic heterocycles. The van der Waals surface area contributed by atoms with E-state index in [0.29, 0.717) is 54.1 Å². The summed E-state index contributed by atoms with van der Waals surface area (Å²) in [5, 5.41) is 19.1. The number of anilines is 1. The third-order valence-corrected chi connectivity index (χ3v) is 9.70. The van der Waals surface area contributed by atoms with Gasteiger partial charge in [-0.15, -0.1) is 0 Å². The number of alkyl halides is 3. The van der Waals surface area contributed by atoms with Crippen LogP contribution in [0.15, 0.2) is 79.0 Å². The Balaban J connectivity index is 1.22. The molecule has 3 heterocycles. The number of nitrogens with one attached hydrogen (secondary N) is 1. The number of carbonyl (C=O) groups is 3. The summed E-state index contributed by atoms with van der Waals surface area (Å²) in [4.78, 5) is 56.9. The molecule has 0 unspecified atom stereocenters. The van der Waals surface area contributed by atoms with Gasteiger partial charge in [-0.1, -0.05) is 24.3 Å².